The first kappa shape index (κ1) is 22.0. The molecule has 2 N–H and O–H groups in total. The smallest absolute Gasteiger partial charge is 0.352 e. The third kappa shape index (κ3) is 6.10. The molecule has 0 aliphatic carbocycles. The van der Waals surface area contributed by atoms with Crippen LogP contribution in [0.1, 0.15) is 25.0 Å². The van der Waals surface area contributed by atoms with Crippen molar-refractivity contribution in [3.63, 3.8) is 0 Å². The molecular weight excluding hydrogens is 494 g/mol. The number of aliphatic carboxylic acids is 1. The Bertz CT molecular complexity index is 911. The van der Waals surface area contributed by atoms with Crippen molar-refractivity contribution in [3.8, 4) is 11.5 Å². The number of nitrogens with one attached hydrogen (secondary N) is 1. The molecule has 8 heteroatoms. The average Bonchev–Trinajstić information content (AvgIpc) is 2.61. The topological polar surface area (TPSA) is 84.9 Å². The number of hydrogen-bond acceptors (Lipinski definition) is 4. The van der Waals surface area contributed by atoms with Gasteiger partial charge >= 0.3 is 5.97 Å². The van der Waals surface area contributed by atoms with E-state index in [1.807, 2.05) is 31.2 Å². The second-order valence-corrected chi connectivity index (χ2v) is 7.40. The van der Waals surface area contributed by atoms with Gasteiger partial charge in [0.1, 0.15) is 12.3 Å². The van der Waals surface area contributed by atoms with Crippen LogP contribution < -0.4 is 14.8 Å². The van der Waals surface area contributed by atoms with Crippen LogP contribution in [0.15, 0.2) is 51.0 Å². The van der Waals surface area contributed by atoms with E-state index in [0.29, 0.717) is 34.7 Å². The van der Waals surface area contributed by atoms with Crippen LogP contribution in [0.25, 0.3) is 6.08 Å². The van der Waals surface area contributed by atoms with Crippen LogP contribution in [0.5, 0.6) is 11.5 Å². The number of ether oxygens (including phenoxy) is 2. The lowest BCUT2D eigenvalue weighted by molar-refractivity contribution is -0.134. The Labute approximate surface area is 179 Å². The van der Waals surface area contributed by atoms with Gasteiger partial charge in [-0.1, -0.05) is 34.1 Å². The molecule has 148 valence electrons. The molecule has 0 radical (unpaired) electrons. The summed E-state index contributed by atoms with van der Waals surface area (Å²) in [6.07, 6.45) is 1.36. The van der Waals surface area contributed by atoms with Crippen molar-refractivity contribution in [3.05, 3.63) is 62.2 Å². The summed E-state index contributed by atoms with van der Waals surface area (Å²) in [6.45, 7) is 3.81. The summed E-state index contributed by atoms with van der Waals surface area (Å²) in [5.74, 6) is -0.737. The van der Waals surface area contributed by atoms with Crippen LogP contribution in [-0.2, 0) is 16.2 Å². The molecule has 0 unspecified atom stereocenters. The summed E-state index contributed by atoms with van der Waals surface area (Å²) in [4.78, 5) is 22.6. The van der Waals surface area contributed by atoms with Gasteiger partial charge in [-0.25, -0.2) is 4.79 Å². The SMILES string of the molecule is CCOc1cc(C=C(NC(C)=O)C(=O)O)cc(Br)c1OCc1ccccc1Br. The van der Waals surface area contributed by atoms with Crippen LogP contribution in [0.3, 0.4) is 0 Å². The number of carboxylic acid groups (broad SMARTS) is 1. The van der Waals surface area contributed by atoms with Crippen LogP contribution in [0, 0.1) is 0 Å². The lowest BCUT2D eigenvalue weighted by atomic mass is 10.1. The largest absolute Gasteiger partial charge is 0.490 e. The molecule has 0 aliphatic rings. The van der Waals surface area contributed by atoms with E-state index in [1.54, 1.807) is 12.1 Å². The monoisotopic (exact) mass is 511 g/mol. The van der Waals surface area contributed by atoms with Crippen LogP contribution in [0.2, 0.25) is 0 Å². The van der Waals surface area contributed by atoms with Crippen molar-refractivity contribution < 1.29 is 24.2 Å². The molecule has 0 saturated carbocycles. The first-order valence-electron chi connectivity index (χ1n) is 8.37. The first-order chi connectivity index (χ1) is 13.3. The molecule has 1 amide bonds. The molecule has 0 aliphatic heterocycles. The summed E-state index contributed by atoms with van der Waals surface area (Å²) < 4.78 is 13.2. The van der Waals surface area contributed by atoms with E-state index < -0.39 is 11.9 Å². The van der Waals surface area contributed by atoms with Gasteiger partial charge in [-0.2, -0.15) is 0 Å². The predicted molar refractivity (Wildman–Crippen MR) is 113 cm³/mol. The number of carbonyl (C=O) groups excluding carboxylic acids is 1. The maximum Gasteiger partial charge on any atom is 0.352 e. The third-order valence-electron chi connectivity index (χ3n) is 3.51. The van der Waals surface area contributed by atoms with Crippen molar-refractivity contribution in [1.29, 1.82) is 0 Å². The molecule has 0 saturated heterocycles. The molecule has 2 rings (SSSR count). The summed E-state index contributed by atoms with van der Waals surface area (Å²) >= 11 is 6.95. The second kappa shape index (κ2) is 10.3. The standard InChI is InChI=1S/C20H19Br2NO5/c1-3-27-18-10-13(9-17(20(25)26)23-12(2)24)8-16(22)19(18)28-11-14-6-4-5-7-15(14)21/h4-10H,3,11H2,1-2H3,(H,23,24)(H,25,26). The highest BCUT2D eigenvalue weighted by molar-refractivity contribution is 9.10. The van der Waals surface area contributed by atoms with Crippen molar-refractivity contribution in [2.45, 2.75) is 20.5 Å². The second-order valence-electron chi connectivity index (χ2n) is 5.69. The molecule has 2 aromatic rings. The van der Waals surface area contributed by atoms with Gasteiger partial charge in [0.25, 0.3) is 0 Å². The quantitative estimate of drug-likeness (QED) is 0.498. The zero-order valence-electron chi connectivity index (χ0n) is 15.3. The number of carboxylic acids is 1. The van der Waals surface area contributed by atoms with E-state index in [1.165, 1.54) is 13.0 Å². The summed E-state index contributed by atoms with van der Waals surface area (Å²) in [5, 5.41) is 11.6. The lowest BCUT2D eigenvalue weighted by Crippen LogP contribution is -2.24. The number of amides is 1. The summed E-state index contributed by atoms with van der Waals surface area (Å²) in [6, 6.07) is 11.1. The Balaban J connectivity index is 2.36. The Morgan fingerprint density at radius 1 is 1.14 bits per heavy atom. The molecular formula is C20H19Br2NO5. The molecule has 0 bridgehead atoms. The molecule has 0 heterocycles. The van der Waals surface area contributed by atoms with Crippen molar-refractivity contribution in [2.24, 2.45) is 0 Å². The summed E-state index contributed by atoms with van der Waals surface area (Å²) in [5.41, 5.74) is 1.28. The number of halogens is 2. The van der Waals surface area contributed by atoms with E-state index in [2.05, 4.69) is 37.2 Å². The highest BCUT2D eigenvalue weighted by atomic mass is 79.9. The zero-order chi connectivity index (χ0) is 20.7. The highest BCUT2D eigenvalue weighted by Gasteiger charge is 2.15. The Morgan fingerprint density at radius 3 is 2.46 bits per heavy atom. The van der Waals surface area contributed by atoms with Gasteiger partial charge in [0, 0.05) is 17.0 Å². The third-order valence-corrected chi connectivity index (χ3v) is 4.88. The zero-order valence-corrected chi connectivity index (χ0v) is 18.5. The first-order valence-corrected chi connectivity index (χ1v) is 9.95. The minimum Gasteiger partial charge on any atom is -0.490 e. The summed E-state index contributed by atoms with van der Waals surface area (Å²) in [7, 11) is 0. The Hall–Kier alpha value is -2.32. The maximum absolute atomic E-state index is 11.3. The lowest BCUT2D eigenvalue weighted by Gasteiger charge is -2.15. The van der Waals surface area contributed by atoms with Crippen LogP contribution in [0.4, 0.5) is 0 Å². The normalized spacial score (nSPS) is 11.1. The molecule has 0 fully saturated rings. The van der Waals surface area contributed by atoms with E-state index in [-0.39, 0.29) is 5.70 Å². The van der Waals surface area contributed by atoms with Crippen LogP contribution >= 0.6 is 31.9 Å². The van der Waals surface area contributed by atoms with Crippen molar-refractivity contribution in [1.82, 2.24) is 5.32 Å². The van der Waals surface area contributed by atoms with Crippen molar-refractivity contribution >= 4 is 49.8 Å². The van der Waals surface area contributed by atoms with Crippen molar-refractivity contribution in [2.75, 3.05) is 6.61 Å². The van der Waals surface area contributed by atoms with Gasteiger partial charge in [0.2, 0.25) is 5.91 Å². The van der Waals surface area contributed by atoms with Gasteiger partial charge < -0.3 is 19.9 Å². The molecule has 0 spiro atoms. The van der Waals surface area contributed by atoms with Gasteiger partial charge in [0.05, 0.1) is 11.1 Å². The molecule has 0 atom stereocenters. The predicted octanol–water partition coefficient (Wildman–Crippen LogP) is 4.75. The maximum atomic E-state index is 11.3. The molecule has 2 aromatic carbocycles. The van der Waals surface area contributed by atoms with E-state index in [9.17, 15) is 14.7 Å². The fraction of sp³-hybridized carbons (Fsp3) is 0.200. The number of carbonyl (C=O) groups is 2. The van der Waals surface area contributed by atoms with Crippen LogP contribution in [-0.4, -0.2) is 23.6 Å². The molecule has 28 heavy (non-hydrogen) atoms. The fourth-order valence-electron chi connectivity index (χ4n) is 2.35. The highest BCUT2D eigenvalue weighted by Crippen LogP contribution is 2.38. The minimum atomic E-state index is -1.24. The molecule has 6 nitrogen and oxygen atoms in total. The van der Waals surface area contributed by atoms with E-state index >= 15 is 0 Å². The number of benzene rings is 2. The average molecular weight is 513 g/mol. The van der Waals surface area contributed by atoms with Gasteiger partial charge in [0.15, 0.2) is 11.5 Å². The number of rotatable bonds is 8. The van der Waals surface area contributed by atoms with E-state index in [0.717, 1.165) is 10.0 Å². The fourth-order valence-corrected chi connectivity index (χ4v) is 3.32. The Morgan fingerprint density at radius 2 is 1.86 bits per heavy atom. The Kier molecular flexibility index (Phi) is 8.07. The van der Waals surface area contributed by atoms with Gasteiger partial charge in [-0.15, -0.1) is 0 Å². The minimum absolute atomic E-state index is 0.233. The van der Waals surface area contributed by atoms with Gasteiger partial charge in [-0.05, 0) is 52.7 Å². The van der Waals surface area contributed by atoms with E-state index in [4.69, 9.17) is 9.47 Å². The number of hydrogen-bond donors (Lipinski definition) is 2. The van der Waals surface area contributed by atoms with Gasteiger partial charge in [-0.3, -0.25) is 4.79 Å². The molecule has 0 aromatic heterocycles.